The van der Waals surface area contributed by atoms with Gasteiger partial charge >= 0.3 is 12.2 Å². The molecule has 1 aliphatic rings. The largest absolute Gasteiger partial charge is 0.406 e. The molecule has 2 rings (SSSR count). The Labute approximate surface area is 127 Å². The monoisotopic (exact) mass is 340 g/mol. The summed E-state index contributed by atoms with van der Waals surface area (Å²) in [7, 11) is 0. The minimum absolute atomic E-state index is 0.0764. The first-order valence-corrected chi connectivity index (χ1v) is 6.46. The van der Waals surface area contributed by atoms with E-state index < -0.39 is 30.2 Å². The fourth-order valence-corrected chi connectivity index (χ4v) is 2.69. The first kappa shape index (κ1) is 15.9. The van der Waals surface area contributed by atoms with Crippen molar-refractivity contribution < 1.29 is 22.8 Å². The molecule has 114 valence electrons. The van der Waals surface area contributed by atoms with E-state index in [2.05, 4.69) is 5.32 Å². The lowest BCUT2D eigenvalue weighted by molar-refractivity contribution is -0.154. The van der Waals surface area contributed by atoms with E-state index in [-0.39, 0.29) is 15.5 Å². The number of urea groups is 1. The van der Waals surface area contributed by atoms with Crippen molar-refractivity contribution in [3.05, 3.63) is 33.8 Å². The predicted octanol–water partition coefficient (Wildman–Crippen LogP) is 3.32. The zero-order valence-corrected chi connectivity index (χ0v) is 12.1. The topological polar surface area (TPSA) is 49.4 Å². The molecule has 0 radical (unpaired) electrons. The van der Waals surface area contributed by atoms with Gasteiger partial charge in [0.15, 0.2) is 0 Å². The minimum atomic E-state index is -4.68. The molecule has 1 saturated heterocycles. The molecule has 0 unspecified atom stereocenters. The maximum absolute atomic E-state index is 12.4. The molecule has 0 aliphatic carbocycles. The second-order valence-corrected chi connectivity index (χ2v) is 5.53. The van der Waals surface area contributed by atoms with Crippen LogP contribution in [0.15, 0.2) is 18.2 Å². The fourth-order valence-electron chi connectivity index (χ4n) is 2.10. The standard InChI is InChI=1S/C12H9Cl2F3N2O2/c1-11(7-3-2-6(13)4-8(7)14)9(20)19(10(21)18-11)5-12(15,16)17/h2-4H,5H2,1H3,(H,18,21)/t11-/m1/s1. The van der Waals surface area contributed by atoms with E-state index in [0.717, 1.165) is 0 Å². The molecule has 1 aromatic rings. The normalized spacial score (nSPS) is 22.7. The van der Waals surface area contributed by atoms with Gasteiger partial charge in [-0.05, 0) is 19.1 Å². The third-order valence-corrected chi connectivity index (χ3v) is 3.63. The Hall–Kier alpha value is -1.47. The van der Waals surface area contributed by atoms with Crippen molar-refractivity contribution in [3.63, 3.8) is 0 Å². The van der Waals surface area contributed by atoms with Gasteiger partial charge in [-0.25, -0.2) is 4.79 Å². The van der Waals surface area contributed by atoms with Gasteiger partial charge in [-0.1, -0.05) is 29.3 Å². The molecule has 21 heavy (non-hydrogen) atoms. The highest BCUT2D eigenvalue weighted by Gasteiger charge is 2.52. The summed E-state index contributed by atoms with van der Waals surface area (Å²) in [6.07, 6.45) is -4.68. The third kappa shape index (κ3) is 2.94. The Bertz CT molecular complexity index is 621. The summed E-state index contributed by atoms with van der Waals surface area (Å²) in [6.45, 7) is -0.364. The first-order valence-electron chi connectivity index (χ1n) is 5.71. The highest BCUT2D eigenvalue weighted by Crippen LogP contribution is 2.35. The van der Waals surface area contributed by atoms with Crippen LogP contribution < -0.4 is 5.32 Å². The number of carbonyl (C=O) groups excluding carboxylic acids is 2. The second kappa shape index (κ2) is 5.06. The number of nitrogens with one attached hydrogen (secondary N) is 1. The lowest BCUT2D eigenvalue weighted by atomic mass is 9.92. The van der Waals surface area contributed by atoms with Gasteiger partial charge in [0.05, 0.1) is 0 Å². The van der Waals surface area contributed by atoms with Crippen LogP contribution in [0.2, 0.25) is 10.0 Å². The van der Waals surface area contributed by atoms with E-state index >= 15 is 0 Å². The summed E-state index contributed by atoms with van der Waals surface area (Å²) in [5.41, 5.74) is -1.49. The van der Waals surface area contributed by atoms with Crippen LogP contribution in [0.1, 0.15) is 12.5 Å². The van der Waals surface area contributed by atoms with Crippen molar-refractivity contribution in [2.24, 2.45) is 0 Å². The fraction of sp³-hybridized carbons (Fsp3) is 0.333. The Morgan fingerprint density at radius 1 is 1.29 bits per heavy atom. The van der Waals surface area contributed by atoms with Gasteiger partial charge in [0.1, 0.15) is 12.1 Å². The molecule has 0 spiro atoms. The molecule has 1 aliphatic heterocycles. The molecule has 3 amide bonds. The quantitative estimate of drug-likeness (QED) is 0.839. The van der Waals surface area contributed by atoms with Crippen molar-refractivity contribution >= 4 is 35.1 Å². The number of carbonyl (C=O) groups is 2. The highest BCUT2D eigenvalue weighted by atomic mass is 35.5. The van der Waals surface area contributed by atoms with E-state index in [9.17, 15) is 22.8 Å². The van der Waals surface area contributed by atoms with Crippen LogP contribution >= 0.6 is 23.2 Å². The molecular weight excluding hydrogens is 332 g/mol. The molecule has 0 bridgehead atoms. The van der Waals surface area contributed by atoms with Crippen LogP contribution in [0.3, 0.4) is 0 Å². The van der Waals surface area contributed by atoms with E-state index in [0.29, 0.717) is 5.02 Å². The third-order valence-electron chi connectivity index (χ3n) is 3.08. The summed E-state index contributed by atoms with van der Waals surface area (Å²) in [6, 6.07) is 3.04. The lowest BCUT2D eigenvalue weighted by Crippen LogP contribution is -2.42. The molecule has 4 nitrogen and oxygen atoms in total. The van der Waals surface area contributed by atoms with Crippen LogP contribution in [0.5, 0.6) is 0 Å². The van der Waals surface area contributed by atoms with Crippen molar-refractivity contribution in [1.82, 2.24) is 10.2 Å². The van der Waals surface area contributed by atoms with Crippen LogP contribution in [-0.4, -0.2) is 29.6 Å². The summed E-state index contributed by atoms with van der Waals surface area (Å²) < 4.78 is 37.3. The number of benzene rings is 1. The maximum Gasteiger partial charge on any atom is 0.406 e. The van der Waals surface area contributed by atoms with Gasteiger partial charge in [0.2, 0.25) is 0 Å². The molecular formula is C12H9Cl2F3N2O2. The molecule has 1 aromatic carbocycles. The number of nitrogens with zero attached hydrogens (tertiary/aromatic N) is 1. The molecule has 1 fully saturated rings. The Morgan fingerprint density at radius 3 is 2.43 bits per heavy atom. The second-order valence-electron chi connectivity index (χ2n) is 4.69. The number of rotatable bonds is 2. The summed E-state index contributed by atoms with van der Waals surface area (Å²) in [4.78, 5) is 24.0. The molecule has 0 aromatic heterocycles. The van der Waals surface area contributed by atoms with Gasteiger partial charge in [-0.2, -0.15) is 13.2 Å². The van der Waals surface area contributed by atoms with Crippen molar-refractivity contribution in [2.75, 3.05) is 6.54 Å². The summed E-state index contributed by atoms with van der Waals surface area (Å²) in [5.74, 6) is -1.02. The van der Waals surface area contributed by atoms with E-state index in [1.54, 1.807) is 0 Å². The smallest absolute Gasteiger partial charge is 0.319 e. The number of imide groups is 1. The number of hydrogen-bond donors (Lipinski definition) is 1. The predicted molar refractivity (Wildman–Crippen MR) is 70.1 cm³/mol. The summed E-state index contributed by atoms with van der Waals surface area (Å²) >= 11 is 11.7. The molecule has 1 atom stereocenters. The average molecular weight is 341 g/mol. The first-order chi connectivity index (χ1) is 9.54. The molecule has 9 heteroatoms. The Balaban J connectivity index is 2.40. The van der Waals surface area contributed by atoms with Crippen LogP contribution in [0, 0.1) is 0 Å². The van der Waals surface area contributed by atoms with E-state index in [4.69, 9.17) is 23.2 Å². The number of halogens is 5. The maximum atomic E-state index is 12.4. The van der Waals surface area contributed by atoms with Crippen molar-refractivity contribution in [2.45, 2.75) is 18.6 Å². The number of hydrogen-bond acceptors (Lipinski definition) is 2. The number of amides is 3. The van der Waals surface area contributed by atoms with Crippen LogP contribution in [0.25, 0.3) is 0 Å². The van der Waals surface area contributed by atoms with Gasteiger partial charge < -0.3 is 5.32 Å². The van der Waals surface area contributed by atoms with E-state index in [1.807, 2.05) is 0 Å². The lowest BCUT2D eigenvalue weighted by Gasteiger charge is -2.23. The molecule has 0 saturated carbocycles. The van der Waals surface area contributed by atoms with Gasteiger partial charge in [-0.3, -0.25) is 9.69 Å². The number of alkyl halides is 3. The highest BCUT2D eigenvalue weighted by molar-refractivity contribution is 6.35. The molecule has 1 heterocycles. The van der Waals surface area contributed by atoms with Gasteiger partial charge in [-0.15, -0.1) is 0 Å². The zero-order chi connectivity index (χ0) is 16.0. The summed E-state index contributed by atoms with van der Waals surface area (Å²) in [5, 5.41) is 2.62. The molecule has 1 N–H and O–H groups in total. The zero-order valence-electron chi connectivity index (χ0n) is 10.6. The van der Waals surface area contributed by atoms with Gasteiger partial charge in [0.25, 0.3) is 5.91 Å². The average Bonchev–Trinajstić information content (AvgIpc) is 2.52. The van der Waals surface area contributed by atoms with Crippen LogP contribution in [-0.2, 0) is 10.3 Å². The van der Waals surface area contributed by atoms with Gasteiger partial charge in [0, 0.05) is 15.6 Å². The Kier molecular flexibility index (Phi) is 3.84. The minimum Gasteiger partial charge on any atom is -0.319 e. The van der Waals surface area contributed by atoms with Crippen molar-refractivity contribution in [3.8, 4) is 0 Å². The SMILES string of the molecule is C[C@]1(c2ccc(Cl)cc2Cl)NC(=O)N(CC(F)(F)F)C1=O. The van der Waals surface area contributed by atoms with Crippen LogP contribution in [0.4, 0.5) is 18.0 Å². The Morgan fingerprint density at radius 2 is 1.90 bits per heavy atom. The van der Waals surface area contributed by atoms with Crippen molar-refractivity contribution in [1.29, 1.82) is 0 Å². The van der Waals surface area contributed by atoms with E-state index in [1.165, 1.54) is 25.1 Å².